The van der Waals surface area contributed by atoms with Gasteiger partial charge in [-0.15, -0.1) is 0 Å². The van der Waals surface area contributed by atoms with Crippen LogP contribution in [-0.2, 0) is 5.41 Å². The predicted molar refractivity (Wildman–Crippen MR) is 236 cm³/mol. The molecule has 286 valence electrons. The van der Waals surface area contributed by atoms with Crippen LogP contribution in [0.3, 0.4) is 0 Å². The van der Waals surface area contributed by atoms with Crippen molar-refractivity contribution in [2.75, 3.05) is 4.90 Å². The molecular weight excluding hydrogens is 675 g/mol. The summed E-state index contributed by atoms with van der Waals surface area (Å²) in [7, 11) is 0. The van der Waals surface area contributed by atoms with Gasteiger partial charge in [0.1, 0.15) is 0 Å². The molecule has 1 nitrogen and oxygen atoms in total. The monoisotopic (exact) mass is 735 g/mol. The highest BCUT2D eigenvalue weighted by atomic mass is 15.1. The van der Waals surface area contributed by atoms with E-state index in [1.54, 1.807) is 5.56 Å². The molecule has 5 aromatic rings. The molecule has 0 aliphatic heterocycles. The standard InChI is InChI=1S/C55H61N/c1-55(2)51-16-10-9-15-49(51)54-50(42-19-17-40(18-20-42)38-11-5-3-6-12-38)34-48(35-52(54)55)56(46-25-21-41(22-26-46)39-13-7-4-8-14-39)47-27-23-43(24-28-47)53-44-30-36-29-37(32-44)33-45(53)31-36/h9-10,15-28,34-39,44-45,53H,3-8,11-14,29-33H2,1-2H3. The van der Waals surface area contributed by atoms with Gasteiger partial charge in [-0.1, -0.05) is 125 Å². The fourth-order valence-electron chi connectivity index (χ4n) is 13.6. The van der Waals surface area contributed by atoms with E-state index in [1.807, 2.05) is 0 Å². The van der Waals surface area contributed by atoms with Crippen LogP contribution >= 0.6 is 0 Å². The van der Waals surface area contributed by atoms with Crippen molar-refractivity contribution in [2.24, 2.45) is 23.7 Å². The van der Waals surface area contributed by atoms with Gasteiger partial charge >= 0.3 is 0 Å². The molecule has 0 unspecified atom stereocenters. The molecule has 12 rings (SSSR count). The van der Waals surface area contributed by atoms with Crippen molar-refractivity contribution in [3.05, 3.63) is 137 Å². The van der Waals surface area contributed by atoms with Crippen molar-refractivity contribution < 1.29 is 0 Å². The fraction of sp³-hybridized carbons (Fsp3) is 0.455. The van der Waals surface area contributed by atoms with Crippen LogP contribution in [0, 0.1) is 23.7 Å². The Kier molecular flexibility index (Phi) is 8.82. The first-order chi connectivity index (χ1) is 27.5. The van der Waals surface area contributed by atoms with Crippen LogP contribution in [0.2, 0.25) is 0 Å². The topological polar surface area (TPSA) is 3.24 Å². The van der Waals surface area contributed by atoms with Crippen molar-refractivity contribution in [3.63, 3.8) is 0 Å². The first-order valence-corrected chi connectivity index (χ1v) is 22.9. The van der Waals surface area contributed by atoms with E-state index in [2.05, 4.69) is 128 Å². The Morgan fingerprint density at radius 3 is 1.55 bits per heavy atom. The van der Waals surface area contributed by atoms with Gasteiger partial charge in [-0.25, -0.2) is 0 Å². The summed E-state index contributed by atoms with van der Waals surface area (Å²) in [4.78, 5) is 2.59. The van der Waals surface area contributed by atoms with Crippen molar-refractivity contribution in [2.45, 2.75) is 133 Å². The third-order valence-electron chi connectivity index (χ3n) is 16.2. The smallest absolute Gasteiger partial charge is 0.0471 e. The lowest BCUT2D eigenvalue weighted by molar-refractivity contribution is -0.00277. The van der Waals surface area contributed by atoms with E-state index in [-0.39, 0.29) is 5.41 Å². The molecule has 0 spiro atoms. The van der Waals surface area contributed by atoms with Crippen molar-refractivity contribution in [1.82, 2.24) is 0 Å². The maximum atomic E-state index is 2.59. The zero-order valence-electron chi connectivity index (χ0n) is 34.0. The van der Waals surface area contributed by atoms with Crippen molar-refractivity contribution in [1.29, 1.82) is 0 Å². The number of rotatable bonds is 7. The van der Waals surface area contributed by atoms with E-state index in [0.717, 1.165) is 29.6 Å². The molecule has 7 aliphatic carbocycles. The van der Waals surface area contributed by atoms with Gasteiger partial charge in [-0.2, -0.15) is 0 Å². The van der Waals surface area contributed by atoms with Gasteiger partial charge in [0.2, 0.25) is 0 Å². The SMILES string of the molecule is CC1(C)c2ccccc2-c2c(-c3ccc(C4CCCCC4)cc3)cc(N(c3ccc(C4CCCCC4)cc3)c3ccc(C4C5CC6CC(C5)CC4C6)cc3)cc21. The molecule has 0 radical (unpaired) electrons. The first kappa shape index (κ1) is 35.1. The number of anilines is 3. The maximum absolute atomic E-state index is 2.59. The predicted octanol–water partition coefficient (Wildman–Crippen LogP) is 15.8. The lowest BCUT2D eigenvalue weighted by atomic mass is 9.51. The summed E-state index contributed by atoms with van der Waals surface area (Å²) in [5, 5.41) is 0. The molecule has 0 aromatic heterocycles. The Balaban J connectivity index is 1.04. The van der Waals surface area contributed by atoms with Crippen molar-refractivity contribution in [3.8, 4) is 22.3 Å². The molecule has 5 aromatic carbocycles. The van der Waals surface area contributed by atoms with E-state index in [4.69, 9.17) is 0 Å². The van der Waals surface area contributed by atoms with Gasteiger partial charge in [-0.3, -0.25) is 0 Å². The second-order valence-corrected chi connectivity index (χ2v) is 19.9. The van der Waals surface area contributed by atoms with E-state index < -0.39 is 0 Å². The average Bonchev–Trinajstić information content (AvgIpc) is 3.47. The molecule has 4 bridgehead atoms. The van der Waals surface area contributed by atoms with Crippen LogP contribution in [-0.4, -0.2) is 0 Å². The van der Waals surface area contributed by atoms with Gasteiger partial charge in [0.25, 0.3) is 0 Å². The average molecular weight is 736 g/mol. The highest BCUT2D eigenvalue weighted by Gasteiger charge is 2.48. The highest BCUT2D eigenvalue weighted by molar-refractivity contribution is 5.96. The lowest BCUT2D eigenvalue weighted by Gasteiger charge is -2.54. The van der Waals surface area contributed by atoms with Gasteiger partial charge in [0.15, 0.2) is 0 Å². The second-order valence-electron chi connectivity index (χ2n) is 19.9. The number of fused-ring (bicyclic) bond motifs is 3. The summed E-state index contributed by atoms with van der Waals surface area (Å²) in [6.45, 7) is 4.89. The van der Waals surface area contributed by atoms with Gasteiger partial charge in [0, 0.05) is 22.5 Å². The van der Waals surface area contributed by atoms with E-state index in [9.17, 15) is 0 Å². The number of hydrogen-bond acceptors (Lipinski definition) is 1. The molecule has 0 atom stereocenters. The minimum absolute atomic E-state index is 0.0986. The minimum atomic E-state index is -0.0986. The lowest BCUT2D eigenvalue weighted by Crippen LogP contribution is -2.43. The summed E-state index contributed by atoms with van der Waals surface area (Å²) in [6.07, 6.45) is 21.0. The Morgan fingerprint density at radius 1 is 0.464 bits per heavy atom. The third-order valence-corrected chi connectivity index (χ3v) is 16.2. The molecule has 6 saturated carbocycles. The molecule has 7 aliphatic rings. The van der Waals surface area contributed by atoms with Gasteiger partial charge in [0.05, 0.1) is 0 Å². The molecule has 0 saturated heterocycles. The Bertz CT molecular complexity index is 2160. The van der Waals surface area contributed by atoms with Crippen molar-refractivity contribution >= 4 is 17.1 Å². The van der Waals surface area contributed by atoms with Gasteiger partial charge in [-0.05, 0) is 186 Å². The molecule has 0 heterocycles. The number of benzene rings is 5. The maximum Gasteiger partial charge on any atom is 0.0471 e. The fourth-order valence-corrected chi connectivity index (χ4v) is 13.6. The highest BCUT2D eigenvalue weighted by Crippen LogP contribution is 2.60. The van der Waals surface area contributed by atoms with Crippen LogP contribution in [0.4, 0.5) is 17.1 Å². The summed E-state index contributed by atoms with van der Waals surface area (Å²) in [5.41, 5.74) is 16.7. The third kappa shape index (κ3) is 6.01. The number of hydrogen-bond donors (Lipinski definition) is 0. The summed E-state index contributed by atoms with van der Waals surface area (Å²) in [6, 6.07) is 43.9. The van der Waals surface area contributed by atoms with E-state index >= 15 is 0 Å². The van der Waals surface area contributed by atoms with Crippen LogP contribution < -0.4 is 4.90 Å². The summed E-state index contributed by atoms with van der Waals surface area (Å²) >= 11 is 0. The van der Waals surface area contributed by atoms with Crippen LogP contribution in [0.25, 0.3) is 22.3 Å². The van der Waals surface area contributed by atoms with E-state index in [0.29, 0.717) is 11.8 Å². The number of nitrogens with zero attached hydrogens (tertiary/aromatic N) is 1. The molecule has 6 fully saturated rings. The molecular formula is C55H61N. The molecule has 0 amide bonds. The Labute approximate surface area is 337 Å². The first-order valence-electron chi connectivity index (χ1n) is 22.9. The second kappa shape index (κ2) is 14.1. The Hall–Kier alpha value is -4.10. The minimum Gasteiger partial charge on any atom is -0.310 e. The Morgan fingerprint density at radius 2 is 0.982 bits per heavy atom. The quantitative estimate of drug-likeness (QED) is 0.161. The zero-order valence-corrected chi connectivity index (χ0v) is 34.0. The van der Waals surface area contributed by atoms with Crippen LogP contribution in [0.15, 0.2) is 109 Å². The molecule has 1 heteroatoms. The largest absolute Gasteiger partial charge is 0.310 e. The molecule has 0 N–H and O–H groups in total. The summed E-state index contributed by atoms with van der Waals surface area (Å²) < 4.78 is 0. The van der Waals surface area contributed by atoms with Crippen LogP contribution in [0.1, 0.15) is 156 Å². The zero-order chi connectivity index (χ0) is 37.4. The van der Waals surface area contributed by atoms with Crippen LogP contribution in [0.5, 0.6) is 0 Å². The normalized spacial score (nSPS) is 26.6. The summed E-state index contributed by atoms with van der Waals surface area (Å²) in [5.74, 6) is 5.97. The van der Waals surface area contributed by atoms with E-state index in [1.165, 1.54) is 158 Å². The van der Waals surface area contributed by atoms with Gasteiger partial charge < -0.3 is 4.90 Å². The molecule has 56 heavy (non-hydrogen) atoms.